The Morgan fingerprint density at radius 2 is 1.65 bits per heavy atom. The quantitative estimate of drug-likeness (QED) is 0.266. The summed E-state index contributed by atoms with van der Waals surface area (Å²) in [4.78, 5) is 31.5. The van der Waals surface area contributed by atoms with Gasteiger partial charge in [-0.05, 0) is 98.9 Å². The van der Waals surface area contributed by atoms with E-state index in [1.807, 2.05) is 63.2 Å². The van der Waals surface area contributed by atoms with E-state index in [2.05, 4.69) is 35.8 Å². The van der Waals surface area contributed by atoms with Crippen LogP contribution in [0.5, 0.6) is 11.5 Å². The van der Waals surface area contributed by atoms with Crippen LogP contribution >= 0.6 is 11.6 Å². The van der Waals surface area contributed by atoms with Crippen molar-refractivity contribution in [1.29, 1.82) is 0 Å². The number of fused-ring (bicyclic) bond motifs is 1. The number of carboxylic acids is 1. The number of nitrogens with zero attached hydrogens (tertiary/aromatic N) is 3. The molecular formula is C40H48ClN3O5. The van der Waals surface area contributed by atoms with E-state index in [4.69, 9.17) is 21.1 Å². The molecule has 0 unspecified atom stereocenters. The number of aromatic carboxylic acids is 1. The molecule has 2 heterocycles. The highest BCUT2D eigenvalue weighted by Gasteiger charge is 2.30. The molecule has 9 heteroatoms. The number of ether oxygens (including phenoxy) is 2. The predicted octanol–water partition coefficient (Wildman–Crippen LogP) is 8.91. The van der Waals surface area contributed by atoms with Crippen molar-refractivity contribution in [2.45, 2.75) is 72.4 Å². The van der Waals surface area contributed by atoms with Crippen molar-refractivity contribution >= 4 is 34.9 Å². The van der Waals surface area contributed by atoms with Gasteiger partial charge in [-0.25, -0.2) is 9.59 Å². The molecule has 0 radical (unpaired) electrons. The fourth-order valence-electron chi connectivity index (χ4n) is 7.14. The average molecular weight is 686 g/mol. The first-order valence-electron chi connectivity index (χ1n) is 17.3. The summed E-state index contributed by atoms with van der Waals surface area (Å²) >= 11 is 6.21. The minimum atomic E-state index is -1.03. The molecule has 0 aromatic heterocycles. The first-order valence-corrected chi connectivity index (χ1v) is 17.7. The zero-order chi connectivity index (χ0) is 34.9. The van der Waals surface area contributed by atoms with Gasteiger partial charge in [0.2, 0.25) is 0 Å². The van der Waals surface area contributed by atoms with Crippen molar-refractivity contribution in [3.8, 4) is 11.5 Å². The third kappa shape index (κ3) is 8.42. The number of allylic oxidation sites excluding steroid dienone is 1. The molecule has 260 valence electrons. The standard InChI is InChI=1S/C40H48ClN3O5/c1-39(2,3)49-38(47)44-18-16-32-28(26-44)7-6-8-35(32)48-36-23-31(13-14-33(36)37(45)46)43-21-19-42(20-22-43)25-29-15-17-40(4,5)24-34(29)27-9-11-30(41)12-10-27/h6-14,23H,15-22,24-26H2,1-5H3,(H,45,46). The summed E-state index contributed by atoms with van der Waals surface area (Å²) in [5, 5.41) is 10.8. The van der Waals surface area contributed by atoms with Gasteiger partial charge >= 0.3 is 12.1 Å². The Balaban J connectivity index is 1.15. The normalized spacial score (nSPS) is 18.2. The van der Waals surface area contributed by atoms with Gasteiger partial charge < -0.3 is 24.4 Å². The van der Waals surface area contributed by atoms with Crippen LogP contribution in [-0.4, -0.2) is 71.8 Å². The molecule has 0 atom stereocenters. The zero-order valence-electron chi connectivity index (χ0n) is 29.4. The van der Waals surface area contributed by atoms with Crippen molar-refractivity contribution in [3.63, 3.8) is 0 Å². The minimum Gasteiger partial charge on any atom is -0.478 e. The van der Waals surface area contributed by atoms with Crippen LogP contribution in [0.3, 0.4) is 0 Å². The van der Waals surface area contributed by atoms with E-state index >= 15 is 0 Å². The van der Waals surface area contributed by atoms with Crippen LogP contribution in [0.4, 0.5) is 10.5 Å². The lowest BCUT2D eigenvalue weighted by Crippen LogP contribution is -2.47. The largest absolute Gasteiger partial charge is 0.478 e. The Kier molecular flexibility index (Phi) is 10.0. The second-order valence-electron chi connectivity index (χ2n) is 15.3. The third-order valence-electron chi connectivity index (χ3n) is 9.82. The van der Waals surface area contributed by atoms with Gasteiger partial charge in [-0.1, -0.05) is 55.3 Å². The van der Waals surface area contributed by atoms with Crippen LogP contribution in [0.25, 0.3) is 5.57 Å². The second kappa shape index (κ2) is 14.1. The van der Waals surface area contributed by atoms with E-state index in [1.165, 1.54) is 23.1 Å². The fourth-order valence-corrected chi connectivity index (χ4v) is 7.26. The number of hydrogen-bond acceptors (Lipinski definition) is 6. The first kappa shape index (κ1) is 34.8. The molecule has 8 nitrogen and oxygen atoms in total. The van der Waals surface area contributed by atoms with Gasteiger partial charge in [0.25, 0.3) is 0 Å². The Morgan fingerprint density at radius 3 is 2.35 bits per heavy atom. The molecular weight excluding hydrogens is 638 g/mol. The van der Waals surface area contributed by atoms with Gasteiger partial charge in [0, 0.05) is 68.2 Å². The highest BCUT2D eigenvalue weighted by atomic mass is 35.5. The van der Waals surface area contributed by atoms with Crippen LogP contribution in [0.1, 0.15) is 80.9 Å². The number of carboxylic acid groups (broad SMARTS) is 1. The van der Waals surface area contributed by atoms with Crippen molar-refractivity contribution in [2.24, 2.45) is 5.41 Å². The van der Waals surface area contributed by atoms with E-state index in [-0.39, 0.29) is 17.1 Å². The maximum absolute atomic E-state index is 12.7. The number of hydrogen-bond donors (Lipinski definition) is 1. The van der Waals surface area contributed by atoms with Gasteiger partial charge in [0.1, 0.15) is 22.7 Å². The smallest absolute Gasteiger partial charge is 0.410 e. The number of piperazine rings is 1. The second-order valence-corrected chi connectivity index (χ2v) is 15.8. The maximum atomic E-state index is 12.7. The van der Waals surface area contributed by atoms with E-state index in [9.17, 15) is 14.7 Å². The number of halogens is 1. The molecule has 3 aliphatic rings. The topological polar surface area (TPSA) is 82.6 Å². The molecule has 3 aromatic carbocycles. The molecule has 0 saturated carbocycles. The maximum Gasteiger partial charge on any atom is 0.410 e. The van der Waals surface area contributed by atoms with Gasteiger partial charge in [-0.2, -0.15) is 0 Å². The third-order valence-corrected chi connectivity index (χ3v) is 10.1. The monoisotopic (exact) mass is 685 g/mol. The molecule has 1 saturated heterocycles. The molecule has 0 spiro atoms. The summed E-state index contributed by atoms with van der Waals surface area (Å²) in [5.41, 5.74) is 6.98. The summed E-state index contributed by atoms with van der Waals surface area (Å²) in [6.07, 6.45) is 3.60. The number of carbonyl (C=O) groups is 2. The van der Waals surface area contributed by atoms with Crippen LogP contribution in [-0.2, 0) is 17.7 Å². The number of carbonyl (C=O) groups excluding carboxylic acids is 1. The van der Waals surface area contributed by atoms with Crippen molar-refractivity contribution in [1.82, 2.24) is 9.80 Å². The molecule has 2 aliphatic heterocycles. The van der Waals surface area contributed by atoms with Crippen LogP contribution in [0, 0.1) is 5.41 Å². The van der Waals surface area contributed by atoms with Crippen LogP contribution in [0.15, 0.2) is 66.2 Å². The molecule has 1 aliphatic carbocycles. The summed E-state index contributed by atoms with van der Waals surface area (Å²) < 4.78 is 12.0. The minimum absolute atomic E-state index is 0.119. The Morgan fingerprint density at radius 1 is 0.918 bits per heavy atom. The van der Waals surface area contributed by atoms with Crippen molar-refractivity contribution in [3.05, 3.63) is 93.5 Å². The van der Waals surface area contributed by atoms with Crippen molar-refractivity contribution in [2.75, 3.05) is 44.2 Å². The van der Waals surface area contributed by atoms with E-state index in [0.717, 1.165) is 67.4 Å². The van der Waals surface area contributed by atoms with E-state index in [0.29, 0.717) is 31.0 Å². The van der Waals surface area contributed by atoms with Crippen molar-refractivity contribution < 1.29 is 24.2 Å². The highest BCUT2D eigenvalue weighted by Crippen LogP contribution is 2.43. The molecule has 1 fully saturated rings. The van der Waals surface area contributed by atoms with Crippen LogP contribution < -0.4 is 9.64 Å². The Bertz CT molecular complexity index is 1740. The lowest BCUT2D eigenvalue weighted by Gasteiger charge is -2.39. The molecule has 49 heavy (non-hydrogen) atoms. The van der Waals surface area contributed by atoms with E-state index < -0.39 is 11.6 Å². The number of rotatable bonds is 7. The van der Waals surface area contributed by atoms with Gasteiger partial charge in [-0.15, -0.1) is 0 Å². The lowest BCUT2D eigenvalue weighted by atomic mass is 9.72. The zero-order valence-corrected chi connectivity index (χ0v) is 30.1. The van der Waals surface area contributed by atoms with Gasteiger partial charge in [0.15, 0.2) is 0 Å². The lowest BCUT2D eigenvalue weighted by molar-refractivity contribution is 0.0223. The van der Waals surface area contributed by atoms with Gasteiger partial charge in [0.05, 0.1) is 0 Å². The number of anilines is 1. The SMILES string of the molecule is CC1(C)CCC(CN2CCN(c3ccc(C(=O)O)c(Oc4cccc5c4CCN(C(=O)OC(C)(C)C)C5)c3)CC2)=C(c2ccc(Cl)cc2)C1. The molecule has 6 rings (SSSR count). The van der Waals surface area contributed by atoms with Gasteiger partial charge in [-0.3, -0.25) is 4.90 Å². The summed E-state index contributed by atoms with van der Waals surface area (Å²) in [7, 11) is 0. The Hall–Kier alpha value is -4.01. The molecule has 3 aromatic rings. The first-order chi connectivity index (χ1) is 23.2. The Labute approximate surface area is 295 Å². The number of benzene rings is 3. The number of amides is 1. The molecule has 1 N–H and O–H groups in total. The predicted molar refractivity (Wildman–Crippen MR) is 195 cm³/mol. The summed E-state index contributed by atoms with van der Waals surface area (Å²) in [5.74, 6) is -0.100. The molecule has 0 bridgehead atoms. The summed E-state index contributed by atoms with van der Waals surface area (Å²) in [6, 6.07) is 19.4. The van der Waals surface area contributed by atoms with Crippen LogP contribution in [0.2, 0.25) is 5.02 Å². The molecule has 1 amide bonds. The average Bonchev–Trinajstić information content (AvgIpc) is 3.05. The highest BCUT2D eigenvalue weighted by molar-refractivity contribution is 6.30. The summed E-state index contributed by atoms with van der Waals surface area (Å²) in [6.45, 7) is 15.7. The fraction of sp³-hybridized carbons (Fsp3) is 0.450. The van der Waals surface area contributed by atoms with E-state index in [1.54, 1.807) is 11.0 Å².